The fraction of sp³-hybridized carbons (Fsp3) is 0.333. The van der Waals surface area contributed by atoms with E-state index in [2.05, 4.69) is 41.8 Å². The van der Waals surface area contributed by atoms with Gasteiger partial charge in [-0.25, -0.2) is 4.98 Å². The van der Waals surface area contributed by atoms with Crippen molar-refractivity contribution in [2.45, 2.75) is 41.5 Å². The molecule has 0 bridgehead atoms. The first-order valence-electron chi connectivity index (χ1n) is 10.0. The SMILES string of the molecule is C=CC(=O)Nc1cc(-c2c(C)[nH]c3ncc(OCC(C)C)cc23)ccc1C.CC. The summed E-state index contributed by atoms with van der Waals surface area (Å²) in [4.78, 5) is 19.6. The molecule has 5 heteroatoms. The Balaban J connectivity index is 0.00000145. The first-order valence-corrected chi connectivity index (χ1v) is 10.0. The van der Waals surface area contributed by atoms with Gasteiger partial charge in [-0.2, -0.15) is 0 Å². The average molecular weight is 394 g/mol. The highest BCUT2D eigenvalue weighted by molar-refractivity contribution is 6.01. The quantitative estimate of drug-likeness (QED) is 0.502. The van der Waals surface area contributed by atoms with Crippen molar-refractivity contribution in [1.82, 2.24) is 9.97 Å². The molecule has 1 amide bonds. The number of nitrogens with zero attached hydrogens (tertiary/aromatic N) is 1. The van der Waals surface area contributed by atoms with E-state index >= 15 is 0 Å². The van der Waals surface area contributed by atoms with Crippen molar-refractivity contribution in [3.8, 4) is 16.9 Å². The Bertz CT molecular complexity index is 1000. The van der Waals surface area contributed by atoms with Gasteiger partial charge in [0.25, 0.3) is 0 Å². The van der Waals surface area contributed by atoms with Crippen LogP contribution in [0.3, 0.4) is 0 Å². The van der Waals surface area contributed by atoms with Crippen LogP contribution in [0.4, 0.5) is 5.69 Å². The molecule has 29 heavy (non-hydrogen) atoms. The van der Waals surface area contributed by atoms with Crippen LogP contribution in [-0.4, -0.2) is 22.5 Å². The Kier molecular flexibility index (Phi) is 7.59. The van der Waals surface area contributed by atoms with Crippen molar-refractivity contribution >= 4 is 22.6 Å². The van der Waals surface area contributed by atoms with Crippen LogP contribution >= 0.6 is 0 Å². The fourth-order valence-electron chi connectivity index (χ4n) is 2.99. The number of ether oxygens (including phenoxy) is 1. The summed E-state index contributed by atoms with van der Waals surface area (Å²) in [5, 5.41) is 3.87. The number of benzene rings is 1. The van der Waals surface area contributed by atoms with Gasteiger partial charge in [-0.1, -0.05) is 46.4 Å². The van der Waals surface area contributed by atoms with Crippen LogP contribution in [0.5, 0.6) is 5.75 Å². The molecule has 0 spiro atoms. The molecule has 0 saturated carbocycles. The maximum absolute atomic E-state index is 11.7. The van der Waals surface area contributed by atoms with E-state index in [0.717, 1.165) is 44.9 Å². The molecule has 0 unspecified atom stereocenters. The topological polar surface area (TPSA) is 67.0 Å². The van der Waals surface area contributed by atoms with Crippen LogP contribution in [0.2, 0.25) is 0 Å². The number of H-pyrrole nitrogens is 1. The molecule has 0 fully saturated rings. The van der Waals surface area contributed by atoms with Crippen molar-refractivity contribution < 1.29 is 9.53 Å². The van der Waals surface area contributed by atoms with Crippen molar-refractivity contribution in [2.75, 3.05) is 11.9 Å². The second kappa shape index (κ2) is 9.92. The molecule has 0 atom stereocenters. The lowest BCUT2D eigenvalue weighted by atomic mass is 10.0. The predicted molar refractivity (Wildman–Crippen MR) is 122 cm³/mol. The molecule has 0 saturated heterocycles. The molecule has 3 rings (SSSR count). The number of nitrogens with one attached hydrogen (secondary N) is 2. The summed E-state index contributed by atoms with van der Waals surface area (Å²) in [5.74, 6) is 0.974. The molecule has 2 aromatic heterocycles. The van der Waals surface area contributed by atoms with Gasteiger partial charge in [0.2, 0.25) is 5.91 Å². The maximum atomic E-state index is 11.7. The Labute approximate surface area is 173 Å². The number of aromatic nitrogens is 2. The lowest BCUT2D eigenvalue weighted by Crippen LogP contribution is -2.08. The Morgan fingerprint density at radius 2 is 2.00 bits per heavy atom. The van der Waals surface area contributed by atoms with Crippen LogP contribution in [-0.2, 0) is 4.79 Å². The van der Waals surface area contributed by atoms with Crippen LogP contribution in [0.25, 0.3) is 22.2 Å². The van der Waals surface area contributed by atoms with Crippen LogP contribution < -0.4 is 10.1 Å². The standard InChI is InChI=1S/C22H25N3O2.C2H6/c1-6-20(26)25-19-9-16(8-7-14(19)4)21-15(5)24-22-18(21)10-17(11-23-22)27-12-13(2)3;1-2/h6-11,13H,1,12H2,2-5H3,(H,23,24)(H,25,26);1-2H3. The Morgan fingerprint density at radius 3 is 2.66 bits per heavy atom. The van der Waals surface area contributed by atoms with Gasteiger partial charge in [0.15, 0.2) is 0 Å². The number of pyridine rings is 1. The zero-order chi connectivity index (χ0) is 21.6. The molecular formula is C24H31N3O2. The predicted octanol–water partition coefficient (Wildman–Crippen LogP) is 6.03. The molecule has 0 aliphatic heterocycles. The number of anilines is 1. The highest BCUT2D eigenvalue weighted by Crippen LogP contribution is 2.35. The molecule has 0 radical (unpaired) electrons. The monoisotopic (exact) mass is 393 g/mol. The molecule has 0 aliphatic rings. The summed E-state index contributed by atoms with van der Waals surface area (Å²) in [6.07, 6.45) is 3.01. The number of aromatic amines is 1. The maximum Gasteiger partial charge on any atom is 0.247 e. The minimum absolute atomic E-state index is 0.225. The van der Waals surface area contributed by atoms with E-state index in [1.165, 1.54) is 6.08 Å². The molecule has 0 aliphatic carbocycles. The van der Waals surface area contributed by atoms with E-state index < -0.39 is 0 Å². The van der Waals surface area contributed by atoms with Crippen LogP contribution in [0, 0.1) is 19.8 Å². The number of amides is 1. The number of hydrogen-bond acceptors (Lipinski definition) is 3. The van der Waals surface area contributed by atoms with Gasteiger partial charge in [-0.15, -0.1) is 0 Å². The second-order valence-electron chi connectivity index (χ2n) is 7.12. The normalized spacial score (nSPS) is 10.4. The van der Waals surface area contributed by atoms with Crippen molar-refractivity contribution in [3.05, 3.63) is 54.4 Å². The highest BCUT2D eigenvalue weighted by atomic mass is 16.5. The van der Waals surface area contributed by atoms with Gasteiger partial charge < -0.3 is 15.0 Å². The van der Waals surface area contributed by atoms with Crippen molar-refractivity contribution in [2.24, 2.45) is 5.92 Å². The zero-order valence-electron chi connectivity index (χ0n) is 18.2. The molecule has 2 N–H and O–H groups in total. The Hall–Kier alpha value is -3.08. The Morgan fingerprint density at radius 1 is 1.28 bits per heavy atom. The van der Waals surface area contributed by atoms with Crippen molar-refractivity contribution in [1.29, 1.82) is 0 Å². The number of fused-ring (bicyclic) bond motifs is 1. The van der Waals surface area contributed by atoms with Crippen LogP contribution in [0.15, 0.2) is 43.1 Å². The number of hydrogen-bond donors (Lipinski definition) is 2. The zero-order valence-corrected chi connectivity index (χ0v) is 18.2. The fourth-order valence-corrected chi connectivity index (χ4v) is 2.99. The molecule has 154 valence electrons. The number of aryl methyl sites for hydroxylation is 2. The number of carbonyl (C=O) groups excluding carboxylic acids is 1. The first-order chi connectivity index (χ1) is 13.9. The van der Waals surface area contributed by atoms with E-state index in [4.69, 9.17) is 4.74 Å². The van der Waals surface area contributed by atoms with Gasteiger partial charge in [-0.05, 0) is 49.1 Å². The largest absolute Gasteiger partial charge is 0.492 e. The third-order valence-electron chi connectivity index (χ3n) is 4.37. The van der Waals surface area contributed by atoms with Crippen LogP contribution in [0.1, 0.15) is 39.0 Å². The summed E-state index contributed by atoms with van der Waals surface area (Å²) in [7, 11) is 0. The molecular weight excluding hydrogens is 362 g/mol. The summed E-state index contributed by atoms with van der Waals surface area (Å²) in [5.41, 5.74) is 5.66. The van der Waals surface area contributed by atoms with E-state index in [9.17, 15) is 4.79 Å². The molecule has 5 nitrogen and oxygen atoms in total. The lowest BCUT2D eigenvalue weighted by Gasteiger charge is -2.11. The molecule has 3 aromatic rings. The highest BCUT2D eigenvalue weighted by Gasteiger charge is 2.14. The number of carbonyl (C=O) groups is 1. The van der Waals surface area contributed by atoms with E-state index in [0.29, 0.717) is 12.5 Å². The summed E-state index contributed by atoms with van der Waals surface area (Å²) in [6, 6.07) is 8.05. The van der Waals surface area contributed by atoms with Crippen molar-refractivity contribution in [3.63, 3.8) is 0 Å². The average Bonchev–Trinajstić information content (AvgIpc) is 3.04. The van der Waals surface area contributed by atoms with Gasteiger partial charge in [0, 0.05) is 22.3 Å². The molecule has 2 heterocycles. The van der Waals surface area contributed by atoms with Gasteiger partial charge in [0.05, 0.1) is 12.8 Å². The lowest BCUT2D eigenvalue weighted by molar-refractivity contribution is -0.111. The summed E-state index contributed by atoms with van der Waals surface area (Å²) >= 11 is 0. The minimum Gasteiger partial charge on any atom is -0.492 e. The van der Waals surface area contributed by atoms with Gasteiger partial charge in [-0.3, -0.25) is 4.79 Å². The smallest absolute Gasteiger partial charge is 0.247 e. The third kappa shape index (κ3) is 5.25. The van der Waals surface area contributed by atoms with Gasteiger partial charge >= 0.3 is 0 Å². The number of rotatable bonds is 6. The first kappa shape index (κ1) is 22.2. The van der Waals surface area contributed by atoms with E-state index in [1.807, 2.05) is 45.9 Å². The minimum atomic E-state index is -0.225. The second-order valence-corrected chi connectivity index (χ2v) is 7.12. The molecule has 1 aromatic carbocycles. The summed E-state index contributed by atoms with van der Waals surface area (Å²) in [6.45, 7) is 16.4. The van der Waals surface area contributed by atoms with E-state index in [1.54, 1.807) is 6.20 Å². The summed E-state index contributed by atoms with van der Waals surface area (Å²) < 4.78 is 5.84. The van der Waals surface area contributed by atoms with E-state index in [-0.39, 0.29) is 5.91 Å². The third-order valence-corrected chi connectivity index (χ3v) is 4.37. The van der Waals surface area contributed by atoms with Gasteiger partial charge in [0.1, 0.15) is 11.4 Å².